The lowest BCUT2D eigenvalue weighted by atomic mass is 10.0. The minimum absolute atomic E-state index is 0.0331. The maximum absolute atomic E-state index is 13.2. The van der Waals surface area contributed by atoms with Crippen LogP contribution in [0.4, 0.5) is 0 Å². The first-order chi connectivity index (χ1) is 31.5. The summed E-state index contributed by atoms with van der Waals surface area (Å²) < 4.78 is 5.91. The number of carbonyl (C=O) groups excluding carboxylic acids is 2. The zero-order valence-electron chi connectivity index (χ0n) is 42.1. The third kappa shape index (κ3) is 45.9. The Bertz CT molecular complexity index is 1190. The van der Waals surface area contributed by atoms with Crippen LogP contribution in [0.15, 0.2) is 72.9 Å². The number of amides is 1. The highest BCUT2D eigenvalue weighted by Crippen LogP contribution is 2.17. The van der Waals surface area contributed by atoms with Crippen LogP contribution in [0.25, 0.3) is 0 Å². The van der Waals surface area contributed by atoms with Gasteiger partial charge in [-0.15, -0.1) is 0 Å². The quantitative estimate of drug-likeness (QED) is 0.0245. The van der Waals surface area contributed by atoms with Crippen molar-refractivity contribution >= 4 is 11.9 Å². The van der Waals surface area contributed by atoms with Crippen molar-refractivity contribution in [3.63, 3.8) is 0 Å². The SMILES string of the molecule is CCCCC/C=C\C/C=C\C/C=C\C/C=C\CCCC(CC(=O)NC(CO)C(O)CCCCCCCCCCCCCCC)OC(=O)CCCCCCCC/C=C/C=C/CCCCC. The number of esters is 1. The second-order valence-corrected chi connectivity index (χ2v) is 18.3. The molecule has 0 heterocycles. The molecule has 370 valence electrons. The number of aliphatic hydroxyl groups excluding tert-OH is 2. The zero-order valence-corrected chi connectivity index (χ0v) is 42.1. The summed E-state index contributed by atoms with van der Waals surface area (Å²) in [6, 6.07) is -0.724. The standard InChI is InChI=1S/C58H103NO5/c1-4-7-10-13-16-19-22-25-27-28-30-32-34-37-40-43-46-49-54(64-58(63)51-48-45-42-39-36-33-29-26-23-20-17-14-11-8-5-2)52-57(62)59-55(53-60)56(61)50-47-44-41-38-35-31-24-21-18-15-12-9-6-3/h16-17,19-20,23,25-27,30,32,37,40,54-56,60-61H,4-15,18,21-22,24,28-29,31,33-36,38-39,41-53H2,1-3H3,(H,59,62)/b19-16-,20-17+,26-23+,27-25-,32-30-,40-37-. The van der Waals surface area contributed by atoms with Gasteiger partial charge < -0.3 is 20.3 Å². The molecule has 64 heavy (non-hydrogen) atoms. The number of hydrogen-bond donors (Lipinski definition) is 3. The summed E-state index contributed by atoms with van der Waals surface area (Å²) in [4.78, 5) is 26.2. The fraction of sp³-hybridized carbons (Fsp3) is 0.759. The Balaban J connectivity index is 4.71. The van der Waals surface area contributed by atoms with Gasteiger partial charge in [0.1, 0.15) is 6.10 Å². The van der Waals surface area contributed by atoms with E-state index in [1.807, 2.05) is 0 Å². The molecule has 0 aliphatic carbocycles. The van der Waals surface area contributed by atoms with Crippen molar-refractivity contribution in [2.45, 2.75) is 277 Å². The van der Waals surface area contributed by atoms with Crippen molar-refractivity contribution in [2.24, 2.45) is 0 Å². The van der Waals surface area contributed by atoms with Crippen LogP contribution in [-0.2, 0) is 14.3 Å². The summed E-state index contributed by atoms with van der Waals surface area (Å²) in [6.07, 6.45) is 65.3. The first kappa shape index (κ1) is 61.3. The number of unbranched alkanes of at least 4 members (excludes halogenated alkanes) is 25. The molecule has 0 rings (SSSR count). The molecule has 0 spiro atoms. The topological polar surface area (TPSA) is 95.9 Å². The van der Waals surface area contributed by atoms with Crippen molar-refractivity contribution in [2.75, 3.05) is 6.61 Å². The van der Waals surface area contributed by atoms with E-state index >= 15 is 0 Å². The predicted octanol–water partition coefficient (Wildman–Crippen LogP) is 16.6. The molecule has 1 amide bonds. The molecule has 0 aliphatic rings. The van der Waals surface area contributed by atoms with Crippen molar-refractivity contribution in [3.05, 3.63) is 72.9 Å². The Morgan fingerprint density at radius 2 is 0.859 bits per heavy atom. The Kier molecular flexibility index (Phi) is 49.1. The van der Waals surface area contributed by atoms with Gasteiger partial charge in [0, 0.05) is 6.42 Å². The van der Waals surface area contributed by atoms with Gasteiger partial charge in [-0.05, 0) is 89.9 Å². The van der Waals surface area contributed by atoms with E-state index in [0.717, 1.165) is 77.0 Å². The van der Waals surface area contributed by atoms with Crippen LogP contribution in [0, 0.1) is 0 Å². The molecule has 3 N–H and O–H groups in total. The van der Waals surface area contributed by atoms with Gasteiger partial charge in [0.25, 0.3) is 0 Å². The Labute approximate surface area is 396 Å². The first-order valence-corrected chi connectivity index (χ1v) is 27.2. The molecule has 6 nitrogen and oxygen atoms in total. The summed E-state index contributed by atoms with van der Waals surface area (Å²) in [5.74, 6) is -0.540. The minimum atomic E-state index is -0.807. The van der Waals surface area contributed by atoms with E-state index in [-0.39, 0.29) is 24.9 Å². The van der Waals surface area contributed by atoms with E-state index in [1.54, 1.807) is 0 Å². The smallest absolute Gasteiger partial charge is 0.306 e. The number of aliphatic hydroxyl groups is 2. The number of nitrogens with one attached hydrogen (secondary N) is 1. The number of carbonyl (C=O) groups is 2. The molecule has 0 aliphatic heterocycles. The van der Waals surface area contributed by atoms with Crippen molar-refractivity contribution in [1.82, 2.24) is 5.32 Å². The molecule has 0 radical (unpaired) electrons. The molecule has 0 aromatic carbocycles. The van der Waals surface area contributed by atoms with Gasteiger partial charge in [-0.2, -0.15) is 0 Å². The summed E-state index contributed by atoms with van der Waals surface area (Å²) in [5, 5.41) is 23.8. The highest BCUT2D eigenvalue weighted by atomic mass is 16.5. The van der Waals surface area contributed by atoms with E-state index in [1.165, 1.54) is 135 Å². The lowest BCUT2D eigenvalue weighted by Crippen LogP contribution is -2.46. The number of ether oxygens (including phenoxy) is 1. The minimum Gasteiger partial charge on any atom is -0.462 e. The lowest BCUT2D eigenvalue weighted by molar-refractivity contribution is -0.151. The second kappa shape index (κ2) is 51.3. The van der Waals surface area contributed by atoms with Crippen LogP contribution < -0.4 is 5.32 Å². The van der Waals surface area contributed by atoms with Gasteiger partial charge >= 0.3 is 5.97 Å². The summed E-state index contributed by atoms with van der Waals surface area (Å²) >= 11 is 0. The summed E-state index contributed by atoms with van der Waals surface area (Å²) in [6.45, 7) is 6.41. The number of rotatable bonds is 48. The predicted molar refractivity (Wildman–Crippen MR) is 278 cm³/mol. The highest BCUT2D eigenvalue weighted by molar-refractivity contribution is 5.77. The highest BCUT2D eigenvalue weighted by Gasteiger charge is 2.24. The van der Waals surface area contributed by atoms with Gasteiger partial charge in [0.05, 0.1) is 25.2 Å². The average Bonchev–Trinajstić information content (AvgIpc) is 3.29. The largest absolute Gasteiger partial charge is 0.462 e. The normalized spacial score (nSPS) is 13.8. The zero-order chi connectivity index (χ0) is 46.7. The van der Waals surface area contributed by atoms with E-state index < -0.39 is 18.2 Å². The van der Waals surface area contributed by atoms with Crippen molar-refractivity contribution < 1.29 is 24.5 Å². The molecule has 0 fully saturated rings. The first-order valence-electron chi connectivity index (χ1n) is 27.2. The third-order valence-electron chi connectivity index (χ3n) is 12.0. The van der Waals surface area contributed by atoms with Gasteiger partial charge in [-0.3, -0.25) is 9.59 Å². The molecule has 0 bridgehead atoms. The van der Waals surface area contributed by atoms with Crippen LogP contribution in [0.3, 0.4) is 0 Å². The van der Waals surface area contributed by atoms with Crippen molar-refractivity contribution in [3.8, 4) is 0 Å². The summed E-state index contributed by atoms with van der Waals surface area (Å²) in [5.41, 5.74) is 0. The molecule has 0 saturated heterocycles. The maximum Gasteiger partial charge on any atom is 0.306 e. The molecule has 3 unspecified atom stereocenters. The maximum atomic E-state index is 13.2. The molecule has 0 aromatic heterocycles. The molecular formula is C58H103NO5. The molecule has 0 aromatic rings. The van der Waals surface area contributed by atoms with Crippen LogP contribution in [0.5, 0.6) is 0 Å². The number of allylic oxidation sites excluding steroid dienone is 12. The third-order valence-corrected chi connectivity index (χ3v) is 12.0. The second-order valence-electron chi connectivity index (χ2n) is 18.3. The van der Waals surface area contributed by atoms with Gasteiger partial charge in [0.15, 0.2) is 0 Å². The molecule has 0 saturated carbocycles. The lowest BCUT2D eigenvalue weighted by Gasteiger charge is -2.24. The van der Waals surface area contributed by atoms with Gasteiger partial charge in [0.2, 0.25) is 5.91 Å². The Morgan fingerprint density at radius 3 is 1.36 bits per heavy atom. The van der Waals surface area contributed by atoms with E-state index in [2.05, 4.69) is 99.0 Å². The van der Waals surface area contributed by atoms with E-state index in [9.17, 15) is 19.8 Å². The average molecular weight is 894 g/mol. The van der Waals surface area contributed by atoms with Crippen molar-refractivity contribution in [1.29, 1.82) is 0 Å². The summed E-state index contributed by atoms with van der Waals surface area (Å²) in [7, 11) is 0. The fourth-order valence-electron chi connectivity index (χ4n) is 7.88. The monoisotopic (exact) mass is 894 g/mol. The van der Waals surface area contributed by atoms with Crippen LogP contribution in [0.2, 0.25) is 0 Å². The van der Waals surface area contributed by atoms with E-state index in [4.69, 9.17) is 4.74 Å². The van der Waals surface area contributed by atoms with Gasteiger partial charge in [-0.1, -0.05) is 229 Å². The van der Waals surface area contributed by atoms with Gasteiger partial charge in [-0.25, -0.2) is 0 Å². The van der Waals surface area contributed by atoms with Crippen LogP contribution >= 0.6 is 0 Å². The molecule has 3 atom stereocenters. The molecule has 6 heteroatoms. The Hall–Kier alpha value is -2.70. The van der Waals surface area contributed by atoms with E-state index in [0.29, 0.717) is 19.3 Å². The Morgan fingerprint density at radius 1 is 0.469 bits per heavy atom. The fourth-order valence-corrected chi connectivity index (χ4v) is 7.88. The van der Waals surface area contributed by atoms with Crippen LogP contribution in [0.1, 0.15) is 258 Å². The van der Waals surface area contributed by atoms with Crippen LogP contribution in [-0.4, -0.2) is 46.9 Å². The number of hydrogen-bond acceptors (Lipinski definition) is 5. The molecular weight excluding hydrogens is 791 g/mol.